The standard InChI is InChI=1S/C22H20N8O/c1-12-7-6-10-15-17(12)27-20(30(21(15)31)14-8-4-3-5-9-14)13(2)26-19-16(11-23)18(24)28-22(25)29-19/h3-10,13H,1-2H3,(H5,24,25,26,28,29)/t13-/m0/s1. The first kappa shape index (κ1) is 19.8. The fourth-order valence-corrected chi connectivity index (χ4v) is 3.47. The van der Waals surface area contributed by atoms with Gasteiger partial charge in [-0.2, -0.15) is 15.2 Å². The maximum atomic E-state index is 13.5. The molecule has 0 aliphatic rings. The number of aromatic nitrogens is 4. The lowest BCUT2D eigenvalue weighted by atomic mass is 10.1. The second-order valence-electron chi connectivity index (χ2n) is 7.09. The van der Waals surface area contributed by atoms with Gasteiger partial charge in [-0.1, -0.05) is 30.3 Å². The number of anilines is 3. The van der Waals surface area contributed by atoms with Crippen molar-refractivity contribution in [3.63, 3.8) is 0 Å². The van der Waals surface area contributed by atoms with Crippen molar-refractivity contribution in [2.24, 2.45) is 0 Å². The third kappa shape index (κ3) is 3.51. The van der Waals surface area contributed by atoms with Crippen molar-refractivity contribution < 1.29 is 0 Å². The van der Waals surface area contributed by atoms with Crippen molar-refractivity contribution in [1.82, 2.24) is 19.5 Å². The smallest absolute Gasteiger partial charge is 0.266 e. The van der Waals surface area contributed by atoms with Crippen LogP contribution in [0, 0.1) is 18.3 Å². The molecule has 31 heavy (non-hydrogen) atoms. The van der Waals surface area contributed by atoms with E-state index >= 15 is 0 Å². The summed E-state index contributed by atoms with van der Waals surface area (Å²) in [5.74, 6) is 0.554. The van der Waals surface area contributed by atoms with Gasteiger partial charge in [-0.15, -0.1) is 0 Å². The zero-order chi connectivity index (χ0) is 22.1. The average molecular weight is 412 g/mol. The van der Waals surface area contributed by atoms with Crippen LogP contribution < -0.4 is 22.3 Å². The highest BCUT2D eigenvalue weighted by atomic mass is 16.1. The van der Waals surface area contributed by atoms with Gasteiger partial charge in [0.05, 0.1) is 22.6 Å². The van der Waals surface area contributed by atoms with Gasteiger partial charge in [0, 0.05) is 0 Å². The molecule has 2 aromatic heterocycles. The van der Waals surface area contributed by atoms with Gasteiger partial charge in [-0.05, 0) is 37.6 Å². The summed E-state index contributed by atoms with van der Waals surface area (Å²) in [6.07, 6.45) is 0. The summed E-state index contributed by atoms with van der Waals surface area (Å²) < 4.78 is 1.55. The third-order valence-electron chi connectivity index (χ3n) is 4.95. The van der Waals surface area contributed by atoms with Crippen molar-refractivity contribution in [3.8, 4) is 11.8 Å². The zero-order valence-electron chi connectivity index (χ0n) is 17.0. The first-order valence-corrected chi connectivity index (χ1v) is 9.58. The molecule has 0 bridgehead atoms. The van der Waals surface area contributed by atoms with Crippen LogP contribution in [-0.4, -0.2) is 19.5 Å². The van der Waals surface area contributed by atoms with Crippen LogP contribution in [0.1, 0.15) is 29.9 Å². The van der Waals surface area contributed by atoms with E-state index in [9.17, 15) is 10.1 Å². The largest absolute Gasteiger partial charge is 0.382 e. The van der Waals surface area contributed by atoms with E-state index in [1.54, 1.807) is 10.6 Å². The van der Waals surface area contributed by atoms with Crippen molar-refractivity contribution in [1.29, 1.82) is 5.26 Å². The minimum atomic E-state index is -0.516. The summed E-state index contributed by atoms with van der Waals surface area (Å²) in [4.78, 5) is 26.2. The lowest BCUT2D eigenvalue weighted by molar-refractivity contribution is 0.730. The van der Waals surface area contributed by atoms with Gasteiger partial charge < -0.3 is 16.8 Å². The van der Waals surface area contributed by atoms with E-state index in [1.807, 2.05) is 62.4 Å². The number of nitrogen functional groups attached to an aromatic ring is 2. The highest BCUT2D eigenvalue weighted by molar-refractivity contribution is 5.81. The Morgan fingerprint density at radius 3 is 2.52 bits per heavy atom. The van der Waals surface area contributed by atoms with Gasteiger partial charge >= 0.3 is 0 Å². The number of nitriles is 1. The molecule has 9 nitrogen and oxygen atoms in total. The zero-order valence-corrected chi connectivity index (χ0v) is 17.0. The predicted octanol–water partition coefficient (Wildman–Crippen LogP) is 2.69. The molecular formula is C22H20N8O. The first-order chi connectivity index (χ1) is 14.9. The summed E-state index contributed by atoms with van der Waals surface area (Å²) in [6, 6.07) is 16.2. The van der Waals surface area contributed by atoms with Gasteiger partial charge in [-0.25, -0.2) is 4.98 Å². The molecule has 0 spiro atoms. The van der Waals surface area contributed by atoms with Crippen LogP contribution in [0.15, 0.2) is 53.3 Å². The molecule has 4 aromatic rings. The molecule has 0 amide bonds. The fraction of sp³-hybridized carbons (Fsp3) is 0.136. The van der Waals surface area contributed by atoms with Gasteiger partial charge in [0.2, 0.25) is 5.95 Å². The number of nitrogens with two attached hydrogens (primary N) is 2. The van der Waals surface area contributed by atoms with Crippen molar-refractivity contribution >= 4 is 28.5 Å². The van der Waals surface area contributed by atoms with Crippen LogP contribution in [-0.2, 0) is 0 Å². The highest BCUT2D eigenvalue weighted by Crippen LogP contribution is 2.25. The number of rotatable bonds is 4. The molecule has 0 aliphatic carbocycles. The van der Waals surface area contributed by atoms with E-state index < -0.39 is 6.04 Å². The number of hydrogen-bond acceptors (Lipinski definition) is 8. The quantitative estimate of drug-likeness (QED) is 0.463. The van der Waals surface area contributed by atoms with Crippen molar-refractivity contribution in [3.05, 3.63) is 75.8 Å². The maximum absolute atomic E-state index is 13.5. The lowest BCUT2D eigenvalue weighted by Gasteiger charge is -2.21. The molecule has 9 heteroatoms. The minimum Gasteiger partial charge on any atom is -0.382 e. The molecular weight excluding hydrogens is 392 g/mol. The van der Waals surface area contributed by atoms with Crippen LogP contribution >= 0.6 is 0 Å². The first-order valence-electron chi connectivity index (χ1n) is 9.58. The number of para-hydroxylation sites is 2. The molecule has 0 fully saturated rings. The molecule has 154 valence electrons. The summed E-state index contributed by atoms with van der Waals surface area (Å²) in [7, 11) is 0. The van der Waals surface area contributed by atoms with E-state index in [1.165, 1.54) is 0 Å². The Bertz CT molecular complexity index is 1390. The lowest BCUT2D eigenvalue weighted by Crippen LogP contribution is -2.28. The monoisotopic (exact) mass is 412 g/mol. The predicted molar refractivity (Wildman–Crippen MR) is 120 cm³/mol. The molecule has 0 saturated heterocycles. The van der Waals surface area contributed by atoms with E-state index in [2.05, 4.69) is 15.3 Å². The molecule has 0 aliphatic heterocycles. The number of fused-ring (bicyclic) bond motifs is 1. The molecule has 0 saturated carbocycles. The van der Waals surface area contributed by atoms with Gasteiger partial charge in [0.15, 0.2) is 5.82 Å². The highest BCUT2D eigenvalue weighted by Gasteiger charge is 2.21. The SMILES string of the molecule is Cc1cccc2c(=O)n(-c3ccccc3)c([C@H](C)Nc3nc(N)nc(N)c3C#N)nc12. The topological polar surface area (TPSA) is 149 Å². The van der Waals surface area contributed by atoms with E-state index in [0.29, 0.717) is 22.4 Å². The number of aryl methyl sites for hydroxylation is 1. The maximum Gasteiger partial charge on any atom is 0.266 e. The summed E-state index contributed by atoms with van der Waals surface area (Å²) in [5, 5.41) is 13.1. The van der Waals surface area contributed by atoms with Gasteiger partial charge in [-0.3, -0.25) is 9.36 Å². The summed E-state index contributed by atoms with van der Waals surface area (Å²) >= 11 is 0. The number of nitrogens with zero attached hydrogens (tertiary/aromatic N) is 5. The van der Waals surface area contributed by atoms with Crippen LogP contribution in [0.5, 0.6) is 0 Å². The number of hydrogen-bond donors (Lipinski definition) is 3. The van der Waals surface area contributed by atoms with Crippen molar-refractivity contribution in [2.45, 2.75) is 19.9 Å². The molecule has 0 unspecified atom stereocenters. The molecule has 2 heterocycles. The molecule has 5 N–H and O–H groups in total. The van der Waals surface area contributed by atoms with Crippen LogP contribution in [0.2, 0.25) is 0 Å². The number of nitrogens with one attached hydrogen (secondary N) is 1. The number of benzene rings is 2. The normalized spacial score (nSPS) is 11.8. The molecule has 1 atom stereocenters. The van der Waals surface area contributed by atoms with Gasteiger partial charge in [0.1, 0.15) is 23.3 Å². The Hall–Kier alpha value is -4.45. The minimum absolute atomic E-state index is 0.0209. The summed E-state index contributed by atoms with van der Waals surface area (Å²) in [6.45, 7) is 3.73. The Balaban J connectivity index is 1.94. The average Bonchev–Trinajstić information content (AvgIpc) is 2.74. The van der Waals surface area contributed by atoms with E-state index in [0.717, 1.165) is 5.56 Å². The van der Waals surface area contributed by atoms with Crippen LogP contribution in [0.25, 0.3) is 16.6 Å². The molecule has 2 aromatic carbocycles. The second-order valence-corrected chi connectivity index (χ2v) is 7.09. The Kier molecular flexibility index (Phi) is 4.97. The Morgan fingerprint density at radius 2 is 1.81 bits per heavy atom. The third-order valence-corrected chi connectivity index (χ3v) is 4.95. The summed E-state index contributed by atoms with van der Waals surface area (Å²) in [5.41, 5.74) is 13.6. The van der Waals surface area contributed by atoms with Gasteiger partial charge in [0.25, 0.3) is 5.56 Å². The van der Waals surface area contributed by atoms with E-state index in [4.69, 9.17) is 16.5 Å². The fourth-order valence-electron chi connectivity index (χ4n) is 3.47. The molecule has 4 rings (SSSR count). The molecule has 0 radical (unpaired) electrons. The van der Waals surface area contributed by atoms with Crippen LogP contribution in [0.4, 0.5) is 17.6 Å². The van der Waals surface area contributed by atoms with Crippen molar-refractivity contribution in [2.75, 3.05) is 16.8 Å². The van der Waals surface area contributed by atoms with Crippen LogP contribution in [0.3, 0.4) is 0 Å². The Morgan fingerprint density at radius 1 is 1.06 bits per heavy atom. The second kappa shape index (κ2) is 7.76. The van der Waals surface area contributed by atoms with E-state index in [-0.39, 0.29) is 28.7 Å². The Labute approximate surface area is 178 Å².